The molecule has 27 heavy (non-hydrogen) atoms. The van der Waals surface area contributed by atoms with Gasteiger partial charge < -0.3 is 28.4 Å². The minimum atomic E-state index is -0.828. The summed E-state index contributed by atoms with van der Waals surface area (Å²) < 4.78 is 30.7. The van der Waals surface area contributed by atoms with E-state index in [0.717, 1.165) is 0 Å². The number of hydrogen-bond acceptors (Lipinski definition) is 9. The first-order valence-corrected chi connectivity index (χ1v) is 8.94. The summed E-state index contributed by atoms with van der Waals surface area (Å²) in [7, 11) is 0. The van der Waals surface area contributed by atoms with Gasteiger partial charge in [0, 0.05) is 0 Å². The van der Waals surface area contributed by atoms with E-state index in [0.29, 0.717) is 6.42 Å². The Hall–Kier alpha value is -2.03. The van der Waals surface area contributed by atoms with E-state index in [9.17, 15) is 14.4 Å². The van der Waals surface area contributed by atoms with E-state index < -0.39 is 28.6 Å². The molecule has 0 bridgehead atoms. The van der Waals surface area contributed by atoms with Crippen molar-refractivity contribution in [3.63, 3.8) is 0 Å². The van der Waals surface area contributed by atoms with Crippen molar-refractivity contribution in [2.45, 2.75) is 34.1 Å². The average molecular weight is 388 g/mol. The molecule has 0 saturated carbocycles. The average Bonchev–Trinajstić information content (AvgIpc) is 2.65. The van der Waals surface area contributed by atoms with Crippen LogP contribution in [0, 0.1) is 16.2 Å². The summed E-state index contributed by atoms with van der Waals surface area (Å²) in [6.07, 6.45) is -0.868. The number of esters is 1. The summed E-state index contributed by atoms with van der Waals surface area (Å²) in [5.74, 6) is -0.389. The lowest BCUT2D eigenvalue weighted by atomic mass is 9.88. The van der Waals surface area contributed by atoms with Gasteiger partial charge in [0.25, 0.3) is 0 Å². The van der Waals surface area contributed by atoms with Crippen molar-refractivity contribution in [1.29, 1.82) is 0 Å². The molecule has 154 valence electrons. The normalized spacial score (nSPS) is 23.1. The van der Waals surface area contributed by atoms with Crippen LogP contribution in [0.15, 0.2) is 0 Å². The van der Waals surface area contributed by atoms with Gasteiger partial charge in [0.2, 0.25) is 0 Å². The predicted molar refractivity (Wildman–Crippen MR) is 91.0 cm³/mol. The fraction of sp³-hybridized carbons (Fsp3) is 0.833. The molecular weight excluding hydrogens is 360 g/mol. The van der Waals surface area contributed by atoms with Crippen molar-refractivity contribution < 1.29 is 42.8 Å². The number of cyclic esters (lactones) is 4. The number of hydrogen-bond donors (Lipinski definition) is 0. The van der Waals surface area contributed by atoms with Crippen LogP contribution in [0.3, 0.4) is 0 Å². The predicted octanol–water partition coefficient (Wildman–Crippen LogP) is 2.31. The van der Waals surface area contributed by atoms with Crippen LogP contribution in [0.4, 0.5) is 9.59 Å². The zero-order valence-electron chi connectivity index (χ0n) is 16.3. The molecule has 0 aliphatic carbocycles. The van der Waals surface area contributed by atoms with Gasteiger partial charge in [0.15, 0.2) is 0 Å². The standard InChI is InChI=1S/C18H28O9/c1-5-18(4,12-22-6-16(2)8-24-14(20)25-9-16)13(19)23-7-17(3)10-26-15(21)27-11-17/h5-12H2,1-4H3. The summed E-state index contributed by atoms with van der Waals surface area (Å²) in [5, 5.41) is 0. The molecule has 2 heterocycles. The summed E-state index contributed by atoms with van der Waals surface area (Å²) >= 11 is 0. The second-order valence-corrected chi connectivity index (χ2v) is 8.26. The molecule has 0 radical (unpaired) electrons. The molecule has 2 rings (SSSR count). The monoisotopic (exact) mass is 388 g/mol. The highest BCUT2D eigenvalue weighted by molar-refractivity contribution is 5.76. The SMILES string of the molecule is CCC(C)(COCC1(C)COC(=O)OC1)C(=O)OCC1(C)COC(=O)OC1. The third-order valence-electron chi connectivity index (χ3n) is 4.85. The van der Waals surface area contributed by atoms with Gasteiger partial charge in [0.1, 0.15) is 33.0 Å². The van der Waals surface area contributed by atoms with E-state index in [1.165, 1.54) is 0 Å². The molecule has 0 aromatic heterocycles. The van der Waals surface area contributed by atoms with Gasteiger partial charge in [-0.25, -0.2) is 9.59 Å². The molecular formula is C18H28O9. The summed E-state index contributed by atoms with van der Waals surface area (Å²) in [6.45, 7) is 8.55. The molecule has 0 aromatic carbocycles. The van der Waals surface area contributed by atoms with Crippen molar-refractivity contribution in [2.75, 3.05) is 46.2 Å². The summed E-state index contributed by atoms with van der Waals surface area (Å²) in [6, 6.07) is 0. The van der Waals surface area contributed by atoms with Gasteiger partial charge in [0.05, 0.1) is 29.5 Å². The lowest BCUT2D eigenvalue weighted by Gasteiger charge is -2.35. The minimum absolute atomic E-state index is 0.0796. The Morgan fingerprint density at radius 3 is 1.85 bits per heavy atom. The van der Waals surface area contributed by atoms with Crippen molar-refractivity contribution in [3.8, 4) is 0 Å². The number of rotatable bonds is 8. The third-order valence-corrected chi connectivity index (χ3v) is 4.85. The highest BCUT2D eigenvalue weighted by atomic mass is 16.7. The van der Waals surface area contributed by atoms with Crippen LogP contribution in [-0.4, -0.2) is 64.5 Å². The maximum absolute atomic E-state index is 12.6. The van der Waals surface area contributed by atoms with Crippen molar-refractivity contribution in [2.24, 2.45) is 16.2 Å². The largest absolute Gasteiger partial charge is 0.508 e. The van der Waals surface area contributed by atoms with E-state index in [1.807, 2.05) is 20.8 Å². The zero-order valence-corrected chi connectivity index (χ0v) is 16.3. The maximum atomic E-state index is 12.6. The van der Waals surface area contributed by atoms with Gasteiger partial charge in [-0.05, 0) is 20.3 Å². The van der Waals surface area contributed by atoms with Crippen LogP contribution in [0.25, 0.3) is 0 Å². The quantitative estimate of drug-likeness (QED) is 0.457. The van der Waals surface area contributed by atoms with E-state index in [2.05, 4.69) is 0 Å². The summed E-state index contributed by atoms with van der Waals surface area (Å²) in [4.78, 5) is 34.6. The maximum Gasteiger partial charge on any atom is 0.508 e. The van der Waals surface area contributed by atoms with E-state index >= 15 is 0 Å². The molecule has 2 aliphatic rings. The third kappa shape index (κ3) is 5.72. The molecule has 1 atom stereocenters. The first kappa shape index (κ1) is 21.3. The van der Waals surface area contributed by atoms with Crippen LogP contribution < -0.4 is 0 Å². The molecule has 0 spiro atoms. The Labute approximate surface area is 158 Å². The Balaban J connectivity index is 1.81. The Morgan fingerprint density at radius 2 is 1.41 bits per heavy atom. The van der Waals surface area contributed by atoms with E-state index in [4.69, 9.17) is 28.4 Å². The Kier molecular flexibility index (Phi) is 6.56. The Bertz CT molecular complexity index is 553. The molecule has 0 amide bonds. The lowest BCUT2D eigenvalue weighted by molar-refractivity contribution is -0.168. The highest BCUT2D eigenvalue weighted by Gasteiger charge is 2.40. The van der Waals surface area contributed by atoms with Crippen LogP contribution >= 0.6 is 0 Å². The van der Waals surface area contributed by atoms with Crippen molar-refractivity contribution in [3.05, 3.63) is 0 Å². The first-order valence-electron chi connectivity index (χ1n) is 8.94. The van der Waals surface area contributed by atoms with E-state index in [-0.39, 0.29) is 52.2 Å². The molecule has 9 nitrogen and oxygen atoms in total. The molecule has 1 unspecified atom stereocenters. The number of ether oxygens (including phenoxy) is 6. The van der Waals surface area contributed by atoms with E-state index in [1.54, 1.807) is 6.92 Å². The molecule has 2 fully saturated rings. The fourth-order valence-electron chi connectivity index (χ4n) is 2.51. The van der Waals surface area contributed by atoms with Crippen LogP contribution in [0.2, 0.25) is 0 Å². The molecule has 2 saturated heterocycles. The summed E-state index contributed by atoms with van der Waals surface area (Å²) in [5.41, 5.74) is -1.86. The molecule has 0 aromatic rings. The fourth-order valence-corrected chi connectivity index (χ4v) is 2.51. The van der Waals surface area contributed by atoms with Gasteiger partial charge in [-0.2, -0.15) is 0 Å². The van der Waals surface area contributed by atoms with Gasteiger partial charge in [-0.15, -0.1) is 0 Å². The lowest BCUT2D eigenvalue weighted by Crippen LogP contribution is -2.44. The van der Waals surface area contributed by atoms with Gasteiger partial charge in [-0.1, -0.05) is 13.8 Å². The van der Waals surface area contributed by atoms with Gasteiger partial charge >= 0.3 is 18.3 Å². The highest BCUT2D eigenvalue weighted by Crippen LogP contribution is 2.29. The van der Waals surface area contributed by atoms with Crippen molar-refractivity contribution >= 4 is 18.3 Å². The van der Waals surface area contributed by atoms with Gasteiger partial charge in [-0.3, -0.25) is 4.79 Å². The smallest absolute Gasteiger partial charge is 0.464 e. The number of carbonyl (C=O) groups is 3. The molecule has 0 N–H and O–H groups in total. The van der Waals surface area contributed by atoms with Crippen molar-refractivity contribution in [1.82, 2.24) is 0 Å². The number of carbonyl (C=O) groups excluding carboxylic acids is 3. The molecule has 9 heteroatoms. The topological polar surface area (TPSA) is 107 Å². The second-order valence-electron chi connectivity index (χ2n) is 8.26. The minimum Gasteiger partial charge on any atom is -0.464 e. The second kappa shape index (κ2) is 8.33. The van der Waals surface area contributed by atoms with Crippen LogP contribution in [0.1, 0.15) is 34.1 Å². The first-order chi connectivity index (χ1) is 12.6. The Morgan fingerprint density at radius 1 is 0.963 bits per heavy atom. The van der Waals surface area contributed by atoms with Crippen LogP contribution in [-0.2, 0) is 33.2 Å². The zero-order chi connectivity index (χ0) is 20.1. The van der Waals surface area contributed by atoms with Crippen LogP contribution in [0.5, 0.6) is 0 Å². The molecule has 2 aliphatic heterocycles.